The highest BCUT2D eigenvalue weighted by molar-refractivity contribution is 7.81. The molecular formula is C8H7ClO2S. The number of rotatable bonds is 1. The molecule has 12 heavy (non-hydrogen) atoms. The van der Waals surface area contributed by atoms with E-state index in [9.17, 15) is 4.79 Å². The van der Waals surface area contributed by atoms with E-state index in [0.717, 1.165) is 0 Å². The summed E-state index contributed by atoms with van der Waals surface area (Å²) in [5.74, 6) is -0.425. The number of halogens is 1. The molecule has 0 radical (unpaired) electrons. The van der Waals surface area contributed by atoms with Crippen molar-refractivity contribution in [2.75, 3.05) is 7.11 Å². The van der Waals surface area contributed by atoms with Gasteiger partial charge in [0.05, 0.1) is 12.7 Å². The van der Waals surface area contributed by atoms with Crippen LogP contribution in [0.25, 0.3) is 0 Å². The first kappa shape index (κ1) is 9.42. The molecule has 0 aromatic heterocycles. The third kappa shape index (κ3) is 1.93. The van der Waals surface area contributed by atoms with Gasteiger partial charge in [-0.15, -0.1) is 0 Å². The SMILES string of the molecule is COC(=O)C1=CC(Cl)=CCC1=S. The Labute approximate surface area is 80.8 Å². The van der Waals surface area contributed by atoms with E-state index in [0.29, 0.717) is 21.9 Å². The number of thiocarbonyl (C=S) groups is 1. The second kappa shape index (κ2) is 3.83. The molecule has 0 bridgehead atoms. The summed E-state index contributed by atoms with van der Waals surface area (Å²) in [7, 11) is 1.32. The molecule has 4 heteroatoms. The first-order chi connectivity index (χ1) is 5.65. The van der Waals surface area contributed by atoms with Crippen molar-refractivity contribution >= 4 is 34.7 Å². The van der Waals surface area contributed by atoms with Crippen LogP contribution in [0.3, 0.4) is 0 Å². The van der Waals surface area contributed by atoms with Crippen LogP contribution in [-0.2, 0) is 9.53 Å². The number of carbonyl (C=O) groups excluding carboxylic acids is 1. The van der Waals surface area contributed by atoms with E-state index in [1.54, 1.807) is 6.08 Å². The van der Waals surface area contributed by atoms with Gasteiger partial charge in [0.15, 0.2) is 0 Å². The van der Waals surface area contributed by atoms with Gasteiger partial charge in [-0.25, -0.2) is 4.79 Å². The number of esters is 1. The van der Waals surface area contributed by atoms with E-state index >= 15 is 0 Å². The molecule has 0 aliphatic heterocycles. The highest BCUT2D eigenvalue weighted by Gasteiger charge is 2.17. The van der Waals surface area contributed by atoms with Gasteiger partial charge < -0.3 is 4.74 Å². The predicted molar refractivity (Wildman–Crippen MR) is 51.3 cm³/mol. The van der Waals surface area contributed by atoms with Crippen LogP contribution in [0.2, 0.25) is 0 Å². The van der Waals surface area contributed by atoms with Gasteiger partial charge in [0.1, 0.15) is 0 Å². The molecule has 0 atom stereocenters. The first-order valence-corrected chi connectivity index (χ1v) is 4.12. The maximum Gasteiger partial charge on any atom is 0.339 e. The zero-order valence-electron chi connectivity index (χ0n) is 6.46. The van der Waals surface area contributed by atoms with Crippen LogP contribution in [0.1, 0.15) is 6.42 Å². The molecule has 0 aromatic carbocycles. The summed E-state index contributed by atoms with van der Waals surface area (Å²) in [6, 6.07) is 0. The quantitative estimate of drug-likeness (QED) is 0.481. The molecular weight excluding hydrogens is 196 g/mol. The van der Waals surface area contributed by atoms with Gasteiger partial charge in [-0.1, -0.05) is 29.9 Å². The van der Waals surface area contributed by atoms with Crippen molar-refractivity contribution in [2.45, 2.75) is 6.42 Å². The van der Waals surface area contributed by atoms with Gasteiger partial charge >= 0.3 is 5.97 Å². The molecule has 0 saturated heterocycles. The van der Waals surface area contributed by atoms with Crippen molar-refractivity contribution in [3.05, 3.63) is 22.8 Å². The minimum absolute atomic E-state index is 0.389. The lowest BCUT2D eigenvalue weighted by Crippen LogP contribution is -2.14. The normalized spacial score (nSPS) is 16.7. The average molecular weight is 203 g/mol. The summed E-state index contributed by atoms with van der Waals surface area (Å²) in [5, 5.41) is 0.531. The maximum atomic E-state index is 11.1. The Hall–Kier alpha value is -0.670. The number of ether oxygens (including phenoxy) is 1. The first-order valence-electron chi connectivity index (χ1n) is 3.34. The lowest BCUT2D eigenvalue weighted by Gasteiger charge is -2.09. The lowest BCUT2D eigenvalue weighted by molar-refractivity contribution is -0.135. The summed E-state index contributed by atoms with van der Waals surface area (Å²) in [4.78, 5) is 11.6. The van der Waals surface area contributed by atoms with Crippen LogP contribution in [0.15, 0.2) is 22.8 Å². The lowest BCUT2D eigenvalue weighted by atomic mass is 10.1. The van der Waals surface area contributed by atoms with E-state index in [1.807, 2.05) is 0 Å². The summed E-state index contributed by atoms with van der Waals surface area (Å²) in [6.45, 7) is 0. The Bertz CT molecular complexity index is 291. The number of allylic oxidation sites excluding steroid dienone is 3. The largest absolute Gasteiger partial charge is 0.465 e. The van der Waals surface area contributed by atoms with Crippen molar-refractivity contribution in [1.29, 1.82) is 0 Å². The van der Waals surface area contributed by atoms with E-state index in [4.69, 9.17) is 23.8 Å². The van der Waals surface area contributed by atoms with Crippen LogP contribution in [0.4, 0.5) is 0 Å². The Morgan fingerprint density at radius 3 is 3.00 bits per heavy atom. The predicted octanol–water partition coefficient (Wildman–Crippen LogP) is 1.98. The van der Waals surface area contributed by atoms with Crippen LogP contribution >= 0.6 is 23.8 Å². The van der Waals surface area contributed by atoms with Gasteiger partial charge in [-0.2, -0.15) is 0 Å². The highest BCUT2D eigenvalue weighted by Crippen LogP contribution is 2.18. The smallest absolute Gasteiger partial charge is 0.339 e. The van der Waals surface area contributed by atoms with Crippen molar-refractivity contribution in [3.63, 3.8) is 0 Å². The van der Waals surface area contributed by atoms with Crippen molar-refractivity contribution < 1.29 is 9.53 Å². The molecule has 0 saturated carbocycles. The third-order valence-corrected chi connectivity index (χ3v) is 2.12. The molecule has 0 amide bonds. The molecule has 0 fully saturated rings. The zero-order valence-corrected chi connectivity index (χ0v) is 8.04. The number of hydrogen-bond donors (Lipinski definition) is 0. The highest BCUT2D eigenvalue weighted by atomic mass is 35.5. The topological polar surface area (TPSA) is 26.3 Å². The molecule has 0 N–H and O–H groups in total. The third-order valence-electron chi connectivity index (χ3n) is 1.47. The minimum atomic E-state index is -0.425. The van der Waals surface area contributed by atoms with Crippen LogP contribution in [0.5, 0.6) is 0 Å². The number of carbonyl (C=O) groups is 1. The Morgan fingerprint density at radius 1 is 1.75 bits per heavy atom. The zero-order chi connectivity index (χ0) is 9.14. The van der Waals surface area contributed by atoms with Gasteiger partial charge in [0, 0.05) is 16.3 Å². The molecule has 1 rings (SSSR count). The Balaban J connectivity index is 2.93. The number of methoxy groups -OCH3 is 1. The van der Waals surface area contributed by atoms with Crippen LogP contribution < -0.4 is 0 Å². The van der Waals surface area contributed by atoms with Gasteiger partial charge in [0.2, 0.25) is 0 Å². The fraction of sp³-hybridized carbons (Fsp3) is 0.250. The fourth-order valence-electron chi connectivity index (χ4n) is 0.860. The van der Waals surface area contributed by atoms with E-state index in [-0.39, 0.29) is 0 Å². The van der Waals surface area contributed by atoms with Crippen molar-refractivity contribution in [2.24, 2.45) is 0 Å². The molecule has 1 aliphatic rings. The number of hydrogen-bond acceptors (Lipinski definition) is 3. The van der Waals surface area contributed by atoms with E-state index in [1.165, 1.54) is 13.2 Å². The van der Waals surface area contributed by atoms with Crippen LogP contribution in [0, 0.1) is 0 Å². The fourth-order valence-corrected chi connectivity index (χ4v) is 1.27. The summed E-state index contributed by atoms with van der Waals surface area (Å²) < 4.78 is 4.53. The van der Waals surface area contributed by atoms with Gasteiger partial charge in [-0.3, -0.25) is 0 Å². The second-order valence-corrected chi connectivity index (χ2v) is 3.20. The molecule has 0 aromatic rings. The van der Waals surface area contributed by atoms with Gasteiger partial charge in [-0.05, 0) is 6.08 Å². The van der Waals surface area contributed by atoms with Crippen LogP contribution in [-0.4, -0.2) is 17.9 Å². The maximum absolute atomic E-state index is 11.1. The Kier molecular flexibility index (Phi) is 3.00. The molecule has 0 unspecified atom stereocenters. The van der Waals surface area contributed by atoms with Gasteiger partial charge in [0.25, 0.3) is 0 Å². The molecule has 2 nitrogen and oxygen atoms in total. The minimum Gasteiger partial charge on any atom is -0.465 e. The average Bonchev–Trinajstić information content (AvgIpc) is 2.08. The second-order valence-electron chi connectivity index (χ2n) is 2.27. The van der Waals surface area contributed by atoms with Crippen molar-refractivity contribution in [1.82, 2.24) is 0 Å². The molecule has 1 aliphatic carbocycles. The summed E-state index contributed by atoms with van der Waals surface area (Å²) >= 11 is 10.6. The Morgan fingerprint density at radius 2 is 2.42 bits per heavy atom. The molecule has 0 heterocycles. The van der Waals surface area contributed by atoms with E-state index < -0.39 is 5.97 Å². The molecule has 64 valence electrons. The summed E-state index contributed by atoms with van der Waals surface area (Å²) in [6.07, 6.45) is 3.82. The molecule has 0 spiro atoms. The summed E-state index contributed by atoms with van der Waals surface area (Å²) in [5.41, 5.74) is 0.389. The van der Waals surface area contributed by atoms with Crippen molar-refractivity contribution in [3.8, 4) is 0 Å². The standard InChI is InChI=1S/C8H7ClO2S/c1-11-8(10)6-4-5(9)2-3-7(6)12/h2,4H,3H2,1H3. The monoisotopic (exact) mass is 202 g/mol. The van der Waals surface area contributed by atoms with E-state index in [2.05, 4.69) is 4.74 Å².